The van der Waals surface area contributed by atoms with Crippen LogP contribution in [-0.4, -0.2) is 56.2 Å². The topological polar surface area (TPSA) is 56.7 Å². The summed E-state index contributed by atoms with van der Waals surface area (Å²) in [5, 5.41) is 5.61. The summed E-state index contributed by atoms with van der Waals surface area (Å²) in [5.74, 6) is 0.537. The molecule has 2 heterocycles. The van der Waals surface area contributed by atoms with E-state index < -0.39 is 12.6 Å². The minimum absolute atomic E-state index is 0. The number of likely N-dealkylation sites (tertiary alicyclic amines) is 1. The van der Waals surface area contributed by atoms with E-state index in [1.54, 1.807) is 7.05 Å². The Balaban J connectivity index is 0.00000242. The van der Waals surface area contributed by atoms with Crippen LogP contribution in [0.25, 0.3) is 0 Å². The van der Waals surface area contributed by atoms with Crippen LogP contribution in [-0.2, 0) is 4.79 Å². The fourth-order valence-electron chi connectivity index (χ4n) is 3.08. The van der Waals surface area contributed by atoms with Gasteiger partial charge in [0, 0.05) is 45.1 Å². The van der Waals surface area contributed by atoms with Gasteiger partial charge in [0.2, 0.25) is 5.91 Å². The summed E-state index contributed by atoms with van der Waals surface area (Å²) in [6, 6.07) is 0. The first-order valence-corrected chi connectivity index (χ1v) is 7.13. The molecular formula is C13H22F3IN4O. The third-order valence-electron chi connectivity index (χ3n) is 4.06. The number of hydrogen-bond donors (Lipinski definition) is 2. The van der Waals surface area contributed by atoms with Gasteiger partial charge in [0.15, 0.2) is 5.96 Å². The molecule has 2 aliphatic rings. The number of nitrogens with zero attached hydrogens (tertiary/aromatic N) is 2. The highest BCUT2D eigenvalue weighted by molar-refractivity contribution is 14.0. The number of guanidine groups is 1. The third kappa shape index (κ3) is 5.17. The van der Waals surface area contributed by atoms with Crippen LogP contribution in [0.4, 0.5) is 13.2 Å². The van der Waals surface area contributed by atoms with Crippen LogP contribution in [0.2, 0.25) is 0 Å². The molecule has 1 amide bonds. The molecular weight excluding hydrogens is 412 g/mol. The van der Waals surface area contributed by atoms with Gasteiger partial charge in [-0.2, -0.15) is 13.2 Å². The Morgan fingerprint density at radius 2 is 2.23 bits per heavy atom. The van der Waals surface area contributed by atoms with Crippen molar-refractivity contribution in [3.8, 4) is 0 Å². The van der Waals surface area contributed by atoms with Crippen LogP contribution in [0, 0.1) is 5.41 Å². The number of aliphatic imine (C=N–C) groups is 1. The molecule has 9 heteroatoms. The Kier molecular flexibility index (Phi) is 6.75. The number of piperidine rings is 1. The normalized spacial score (nSPS) is 25.9. The molecule has 1 unspecified atom stereocenters. The molecule has 5 nitrogen and oxygen atoms in total. The van der Waals surface area contributed by atoms with Crippen LogP contribution < -0.4 is 10.6 Å². The molecule has 0 aromatic rings. The zero-order chi connectivity index (χ0) is 15.5. The molecule has 0 aromatic carbocycles. The predicted octanol–water partition coefficient (Wildman–Crippen LogP) is 1.73. The second kappa shape index (κ2) is 7.69. The number of alkyl halides is 3. The van der Waals surface area contributed by atoms with Crippen molar-refractivity contribution in [1.82, 2.24) is 15.5 Å². The van der Waals surface area contributed by atoms with E-state index in [4.69, 9.17) is 0 Å². The highest BCUT2D eigenvalue weighted by Gasteiger charge is 2.42. The van der Waals surface area contributed by atoms with E-state index in [-0.39, 0.29) is 41.8 Å². The molecule has 0 bridgehead atoms. The fraction of sp³-hybridized carbons (Fsp3) is 0.846. The molecule has 0 aromatic heterocycles. The lowest BCUT2D eigenvalue weighted by molar-refractivity contribution is -0.133. The van der Waals surface area contributed by atoms with Crippen molar-refractivity contribution in [3.63, 3.8) is 0 Å². The van der Waals surface area contributed by atoms with Gasteiger partial charge in [-0.05, 0) is 12.8 Å². The third-order valence-corrected chi connectivity index (χ3v) is 4.06. The summed E-state index contributed by atoms with van der Waals surface area (Å²) in [4.78, 5) is 17.5. The summed E-state index contributed by atoms with van der Waals surface area (Å²) < 4.78 is 36.6. The minimum atomic E-state index is -4.17. The van der Waals surface area contributed by atoms with Crippen molar-refractivity contribution in [3.05, 3.63) is 0 Å². The van der Waals surface area contributed by atoms with Crippen LogP contribution in [0.5, 0.6) is 0 Å². The lowest BCUT2D eigenvalue weighted by Gasteiger charge is -2.40. The van der Waals surface area contributed by atoms with E-state index in [0.717, 1.165) is 19.4 Å². The van der Waals surface area contributed by atoms with Gasteiger partial charge in [-0.1, -0.05) is 0 Å². The monoisotopic (exact) mass is 434 g/mol. The lowest BCUT2D eigenvalue weighted by atomic mass is 9.79. The smallest absolute Gasteiger partial charge is 0.356 e. The minimum Gasteiger partial charge on any atom is -0.356 e. The van der Waals surface area contributed by atoms with Gasteiger partial charge in [-0.25, -0.2) is 0 Å². The van der Waals surface area contributed by atoms with Gasteiger partial charge in [0.05, 0.1) is 6.42 Å². The Labute approximate surface area is 145 Å². The number of carbonyl (C=O) groups excluding carboxylic acids is 1. The van der Waals surface area contributed by atoms with E-state index >= 15 is 0 Å². The second-order valence-corrected chi connectivity index (χ2v) is 5.82. The molecule has 2 rings (SSSR count). The molecule has 1 spiro atoms. The molecule has 0 saturated carbocycles. The Morgan fingerprint density at radius 3 is 2.77 bits per heavy atom. The van der Waals surface area contributed by atoms with Gasteiger partial charge >= 0.3 is 6.18 Å². The van der Waals surface area contributed by atoms with Crippen molar-refractivity contribution in [1.29, 1.82) is 0 Å². The van der Waals surface area contributed by atoms with Crippen molar-refractivity contribution >= 4 is 35.8 Å². The van der Waals surface area contributed by atoms with Crippen molar-refractivity contribution < 1.29 is 18.0 Å². The maximum Gasteiger partial charge on any atom is 0.390 e. The molecule has 2 aliphatic heterocycles. The molecule has 1 atom stereocenters. The standard InChI is InChI=1S/C13H21F3N4O.HI/c1-17-11(18-5-4-13(14,15)16)20-6-2-3-12(9-20)7-10(21)19-8-12;/h2-9H2,1H3,(H,17,18)(H,19,21);1H. The van der Waals surface area contributed by atoms with Crippen LogP contribution in [0.3, 0.4) is 0 Å². The van der Waals surface area contributed by atoms with E-state index in [1.165, 1.54) is 0 Å². The van der Waals surface area contributed by atoms with E-state index in [1.807, 2.05) is 4.90 Å². The largest absolute Gasteiger partial charge is 0.390 e. The summed E-state index contributed by atoms with van der Waals surface area (Å²) in [7, 11) is 1.56. The zero-order valence-electron chi connectivity index (χ0n) is 12.5. The quantitative estimate of drug-likeness (QED) is 0.396. The Bertz CT molecular complexity index is 430. The van der Waals surface area contributed by atoms with Gasteiger partial charge in [-0.3, -0.25) is 9.79 Å². The van der Waals surface area contributed by atoms with Gasteiger partial charge < -0.3 is 15.5 Å². The predicted molar refractivity (Wildman–Crippen MR) is 88.3 cm³/mol. The van der Waals surface area contributed by atoms with E-state index in [9.17, 15) is 18.0 Å². The van der Waals surface area contributed by atoms with Crippen molar-refractivity contribution in [2.45, 2.75) is 31.9 Å². The summed E-state index contributed by atoms with van der Waals surface area (Å²) >= 11 is 0. The maximum absolute atomic E-state index is 12.2. The number of halogens is 4. The molecule has 2 fully saturated rings. The number of nitrogens with one attached hydrogen (secondary N) is 2. The van der Waals surface area contributed by atoms with Gasteiger partial charge in [0.1, 0.15) is 0 Å². The number of hydrogen-bond acceptors (Lipinski definition) is 2. The Hall–Kier alpha value is -0.740. The summed E-state index contributed by atoms with van der Waals surface area (Å²) in [5.41, 5.74) is -0.100. The molecule has 2 saturated heterocycles. The molecule has 22 heavy (non-hydrogen) atoms. The maximum atomic E-state index is 12.2. The first-order chi connectivity index (χ1) is 9.84. The average molecular weight is 434 g/mol. The fourth-order valence-corrected chi connectivity index (χ4v) is 3.08. The molecule has 2 N–H and O–H groups in total. The van der Waals surface area contributed by atoms with Crippen molar-refractivity contribution in [2.75, 3.05) is 33.2 Å². The first kappa shape index (κ1) is 19.3. The number of amides is 1. The molecule has 0 radical (unpaired) electrons. The van der Waals surface area contributed by atoms with Crippen LogP contribution in [0.1, 0.15) is 25.7 Å². The van der Waals surface area contributed by atoms with Crippen LogP contribution in [0.15, 0.2) is 4.99 Å². The van der Waals surface area contributed by atoms with E-state index in [0.29, 0.717) is 25.5 Å². The second-order valence-electron chi connectivity index (χ2n) is 5.82. The number of carbonyl (C=O) groups is 1. The summed E-state index contributed by atoms with van der Waals surface area (Å²) in [6.45, 7) is 1.86. The average Bonchev–Trinajstić information content (AvgIpc) is 2.74. The van der Waals surface area contributed by atoms with E-state index in [2.05, 4.69) is 15.6 Å². The highest BCUT2D eigenvalue weighted by Crippen LogP contribution is 2.35. The highest BCUT2D eigenvalue weighted by atomic mass is 127. The van der Waals surface area contributed by atoms with Crippen molar-refractivity contribution in [2.24, 2.45) is 10.4 Å². The SMILES string of the molecule is CN=C(NCCC(F)(F)F)N1CCCC2(CNC(=O)C2)C1.I. The lowest BCUT2D eigenvalue weighted by Crippen LogP contribution is -2.51. The summed E-state index contributed by atoms with van der Waals surface area (Å²) in [6.07, 6.45) is -2.69. The first-order valence-electron chi connectivity index (χ1n) is 7.13. The van der Waals surface area contributed by atoms with Crippen LogP contribution >= 0.6 is 24.0 Å². The molecule has 128 valence electrons. The molecule has 0 aliphatic carbocycles. The Morgan fingerprint density at radius 1 is 1.50 bits per heavy atom. The van der Waals surface area contributed by atoms with Gasteiger partial charge in [0.25, 0.3) is 0 Å². The number of rotatable bonds is 2. The van der Waals surface area contributed by atoms with Gasteiger partial charge in [-0.15, -0.1) is 24.0 Å². The zero-order valence-corrected chi connectivity index (χ0v) is 14.8.